The Bertz CT molecular complexity index is 325. The van der Waals surface area contributed by atoms with E-state index in [0.29, 0.717) is 13.1 Å². The summed E-state index contributed by atoms with van der Waals surface area (Å²) in [6, 6.07) is 0. The van der Waals surface area contributed by atoms with Gasteiger partial charge in [0.25, 0.3) is 0 Å². The summed E-state index contributed by atoms with van der Waals surface area (Å²) in [6.45, 7) is 8.32. The summed E-state index contributed by atoms with van der Waals surface area (Å²) in [5.41, 5.74) is 0. The van der Waals surface area contributed by atoms with Gasteiger partial charge in [-0.25, -0.2) is 8.42 Å². The summed E-state index contributed by atoms with van der Waals surface area (Å²) in [5.74, 6) is 0. The van der Waals surface area contributed by atoms with Gasteiger partial charge in [0.05, 0.1) is 6.26 Å². The molecule has 0 radical (unpaired) electrons. The van der Waals surface area contributed by atoms with Gasteiger partial charge in [-0.3, -0.25) is 4.90 Å². The highest BCUT2D eigenvalue weighted by atomic mass is 32.2. The average Bonchev–Trinajstić information content (AvgIpc) is 2.37. The van der Waals surface area contributed by atoms with E-state index >= 15 is 0 Å². The third-order valence-corrected chi connectivity index (χ3v) is 4.92. The molecule has 6 heteroatoms. The predicted octanol–water partition coefficient (Wildman–Crippen LogP) is 0.734. The van der Waals surface area contributed by atoms with Crippen LogP contribution in [0.3, 0.4) is 0 Å². The smallest absolute Gasteiger partial charge is 0.211 e. The summed E-state index contributed by atoms with van der Waals surface area (Å²) in [7, 11) is -3.00. The SMILES string of the molecule is CCCCCCNCCN1CCN(S(C)(=O)=O)CC1. The molecular weight excluding hydrogens is 262 g/mol. The second-order valence-electron chi connectivity index (χ2n) is 5.31. The Morgan fingerprint density at radius 1 is 1.00 bits per heavy atom. The lowest BCUT2D eigenvalue weighted by molar-refractivity contribution is 0.189. The third kappa shape index (κ3) is 7.25. The van der Waals surface area contributed by atoms with Crippen LogP contribution in [0.2, 0.25) is 0 Å². The van der Waals surface area contributed by atoms with Gasteiger partial charge in [0.15, 0.2) is 0 Å². The maximum Gasteiger partial charge on any atom is 0.211 e. The topological polar surface area (TPSA) is 52.6 Å². The molecule has 1 rings (SSSR count). The van der Waals surface area contributed by atoms with Crippen LogP contribution < -0.4 is 5.32 Å². The van der Waals surface area contributed by atoms with E-state index in [2.05, 4.69) is 17.1 Å². The van der Waals surface area contributed by atoms with E-state index < -0.39 is 10.0 Å². The number of sulfonamides is 1. The molecule has 1 aliphatic rings. The van der Waals surface area contributed by atoms with Crippen LogP contribution >= 0.6 is 0 Å². The zero-order valence-corrected chi connectivity index (χ0v) is 13.2. The van der Waals surface area contributed by atoms with Crippen molar-refractivity contribution in [1.29, 1.82) is 0 Å². The highest BCUT2D eigenvalue weighted by molar-refractivity contribution is 7.88. The maximum atomic E-state index is 11.4. The van der Waals surface area contributed by atoms with Crippen LogP contribution in [0.4, 0.5) is 0 Å². The van der Waals surface area contributed by atoms with Crippen molar-refractivity contribution in [2.75, 3.05) is 52.1 Å². The minimum atomic E-state index is -3.00. The molecule has 1 aliphatic heterocycles. The maximum absolute atomic E-state index is 11.4. The molecule has 1 N–H and O–H groups in total. The van der Waals surface area contributed by atoms with Gasteiger partial charge in [-0.15, -0.1) is 0 Å². The van der Waals surface area contributed by atoms with Gasteiger partial charge < -0.3 is 5.32 Å². The molecule has 1 fully saturated rings. The number of nitrogens with zero attached hydrogens (tertiary/aromatic N) is 2. The van der Waals surface area contributed by atoms with Crippen LogP contribution in [0.25, 0.3) is 0 Å². The van der Waals surface area contributed by atoms with Crippen LogP contribution in [-0.4, -0.2) is 69.7 Å². The van der Waals surface area contributed by atoms with E-state index in [1.807, 2.05) is 0 Å². The molecule has 5 nitrogen and oxygen atoms in total. The molecule has 0 aromatic rings. The van der Waals surface area contributed by atoms with Crippen molar-refractivity contribution >= 4 is 10.0 Å². The first kappa shape index (κ1) is 16.9. The molecule has 0 amide bonds. The Kier molecular flexibility index (Phi) is 7.90. The average molecular weight is 291 g/mol. The minimum Gasteiger partial charge on any atom is -0.315 e. The fourth-order valence-electron chi connectivity index (χ4n) is 2.32. The van der Waals surface area contributed by atoms with E-state index in [1.54, 1.807) is 4.31 Å². The Morgan fingerprint density at radius 3 is 2.26 bits per heavy atom. The van der Waals surface area contributed by atoms with Crippen molar-refractivity contribution in [3.63, 3.8) is 0 Å². The summed E-state index contributed by atoms with van der Waals surface area (Å²) in [4.78, 5) is 2.33. The molecule has 0 saturated carbocycles. The van der Waals surface area contributed by atoms with E-state index in [9.17, 15) is 8.42 Å². The van der Waals surface area contributed by atoms with Gasteiger partial charge in [0.2, 0.25) is 10.0 Å². The van der Waals surface area contributed by atoms with Crippen molar-refractivity contribution in [2.24, 2.45) is 0 Å². The molecule has 19 heavy (non-hydrogen) atoms. The van der Waals surface area contributed by atoms with Crippen molar-refractivity contribution < 1.29 is 8.42 Å². The first-order chi connectivity index (χ1) is 9.04. The van der Waals surface area contributed by atoms with E-state index in [-0.39, 0.29) is 0 Å². The van der Waals surface area contributed by atoms with Crippen LogP contribution in [-0.2, 0) is 10.0 Å². The third-order valence-electron chi connectivity index (χ3n) is 3.61. The minimum absolute atomic E-state index is 0.634. The molecule has 1 heterocycles. The van der Waals surface area contributed by atoms with Crippen LogP contribution in [0, 0.1) is 0 Å². The number of unbranched alkanes of at least 4 members (excludes halogenated alkanes) is 3. The Hall–Kier alpha value is -0.170. The standard InChI is InChI=1S/C13H29N3O2S/c1-3-4-5-6-7-14-8-9-15-10-12-16(13-11-15)19(2,17)18/h14H,3-13H2,1-2H3. The van der Waals surface area contributed by atoms with Crippen molar-refractivity contribution in [2.45, 2.75) is 32.6 Å². The highest BCUT2D eigenvalue weighted by Gasteiger charge is 2.22. The molecule has 0 spiro atoms. The Balaban J connectivity index is 2.01. The van der Waals surface area contributed by atoms with Gasteiger partial charge in [-0.2, -0.15) is 4.31 Å². The van der Waals surface area contributed by atoms with Gasteiger partial charge in [0.1, 0.15) is 0 Å². The first-order valence-electron chi connectivity index (χ1n) is 7.42. The number of rotatable bonds is 9. The quantitative estimate of drug-likeness (QED) is 0.637. The lowest BCUT2D eigenvalue weighted by Gasteiger charge is -2.33. The summed E-state index contributed by atoms with van der Waals surface area (Å²) < 4.78 is 24.3. The molecule has 0 aromatic heterocycles. The number of piperazine rings is 1. The van der Waals surface area contributed by atoms with Gasteiger partial charge in [0, 0.05) is 39.3 Å². The van der Waals surface area contributed by atoms with Crippen LogP contribution in [0.5, 0.6) is 0 Å². The molecule has 114 valence electrons. The largest absolute Gasteiger partial charge is 0.315 e. The zero-order chi connectivity index (χ0) is 14.1. The van der Waals surface area contributed by atoms with E-state index in [0.717, 1.165) is 32.7 Å². The lowest BCUT2D eigenvalue weighted by atomic mass is 10.2. The van der Waals surface area contributed by atoms with Crippen LogP contribution in [0.1, 0.15) is 32.6 Å². The number of nitrogens with one attached hydrogen (secondary N) is 1. The van der Waals surface area contributed by atoms with Gasteiger partial charge >= 0.3 is 0 Å². The fraction of sp³-hybridized carbons (Fsp3) is 1.00. The molecule has 0 unspecified atom stereocenters. The van der Waals surface area contributed by atoms with Crippen LogP contribution in [0.15, 0.2) is 0 Å². The predicted molar refractivity (Wildman–Crippen MR) is 79.9 cm³/mol. The van der Waals surface area contributed by atoms with Crippen molar-refractivity contribution in [3.8, 4) is 0 Å². The van der Waals surface area contributed by atoms with E-state index in [1.165, 1.54) is 31.9 Å². The summed E-state index contributed by atoms with van der Waals surface area (Å²) >= 11 is 0. The normalized spacial score (nSPS) is 18.8. The van der Waals surface area contributed by atoms with Crippen molar-refractivity contribution in [1.82, 2.24) is 14.5 Å². The number of hydrogen-bond acceptors (Lipinski definition) is 4. The second kappa shape index (κ2) is 8.89. The lowest BCUT2D eigenvalue weighted by Crippen LogP contribution is -2.49. The summed E-state index contributed by atoms with van der Waals surface area (Å²) in [5, 5.41) is 3.46. The summed E-state index contributed by atoms with van der Waals surface area (Å²) in [6.07, 6.45) is 6.48. The first-order valence-corrected chi connectivity index (χ1v) is 9.27. The number of hydrogen-bond donors (Lipinski definition) is 1. The molecule has 0 bridgehead atoms. The Labute approximate surface area is 118 Å². The monoisotopic (exact) mass is 291 g/mol. The zero-order valence-electron chi connectivity index (χ0n) is 12.4. The van der Waals surface area contributed by atoms with Gasteiger partial charge in [-0.05, 0) is 13.0 Å². The Morgan fingerprint density at radius 2 is 1.68 bits per heavy atom. The second-order valence-corrected chi connectivity index (χ2v) is 7.30. The molecular formula is C13H29N3O2S. The molecule has 1 saturated heterocycles. The molecule has 0 atom stereocenters. The molecule has 0 aliphatic carbocycles. The van der Waals surface area contributed by atoms with Crippen molar-refractivity contribution in [3.05, 3.63) is 0 Å². The fourth-order valence-corrected chi connectivity index (χ4v) is 3.15. The van der Waals surface area contributed by atoms with E-state index in [4.69, 9.17) is 0 Å². The highest BCUT2D eigenvalue weighted by Crippen LogP contribution is 2.05. The van der Waals surface area contributed by atoms with Gasteiger partial charge in [-0.1, -0.05) is 26.2 Å². The molecule has 0 aromatic carbocycles.